The Morgan fingerprint density at radius 3 is 2.75 bits per heavy atom. The molecule has 3 nitrogen and oxygen atoms in total. The molecule has 94 valence electrons. The summed E-state index contributed by atoms with van der Waals surface area (Å²) in [4.78, 5) is 11.7. The van der Waals surface area contributed by atoms with Gasteiger partial charge in [0.15, 0.2) is 0 Å². The molecular formula is C13H26N2O. The lowest BCUT2D eigenvalue weighted by molar-refractivity contribution is -0.123. The number of nitrogens with one attached hydrogen (secondary N) is 1. The predicted molar refractivity (Wildman–Crippen MR) is 67.1 cm³/mol. The average molecular weight is 226 g/mol. The Morgan fingerprint density at radius 2 is 2.19 bits per heavy atom. The number of nitrogens with two attached hydrogens (primary N) is 1. The fraction of sp³-hybridized carbons (Fsp3) is 0.923. The molecule has 0 bridgehead atoms. The van der Waals surface area contributed by atoms with Crippen molar-refractivity contribution in [2.75, 3.05) is 0 Å². The summed E-state index contributed by atoms with van der Waals surface area (Å²) in [5.41, 5.74) is 5.90. The minimum Gasteiger partial charge on any atom is -0.353 e. The summed E-state index contributed by atoms with van der Waals surface area (Å²) in [5, 5.41) is 3.17. The van der Waals surface area contributed by atoms with Crippen LogP contribution in [0.2, 0.25) is 0 Å². The molecule has 2 unspecified atom stereocenters. The zero-order chi connectivity index (χ0) is 12.2. The number of carbonyl (C=O) groups excluding carboxylic acids is 1. The molecule has 0 saturated heterocycles. The van der Waals surface area contributed by atoms with Crippen molar-refractivity contribution < 1.29 is 4.79 Å². The molecule has 2 atom stereocenters. The summed E-state index contributed by atoms with van der Waals surface area (Å²) in [5.74, 6) is 0.164. The van der Waals surface area contributed by atoms with Crippen LogP contribution < -0.4 is 11.1 Å². The van der Waals surface area contributed by atoms with Gasteiger partial charge < -0.3 is 11.1 Å². The van der Waals surface area contributed by atoms with Crippen LogP contribution in [0.5, 0.6) is 0 Å². The number of hydrogen-bond acceptors (Lipinski definition) is 2. The van der Waals surface area contributed by atoms with Crippen LogP contribution in [0.3, 0.4) is 0 Å². The Kier molecular flexibility index (Phi) is 4.78. The summed E-state index contributed by atoms with van der Waals surface area (Å²) in [6.07, 6.45) is 6.20. The van der Waals surface area contributed by atoms with E-state index in [2.05, 4.69) is 19.2 Å². The molecule has 1 aliphatic carbocycles. The van der Waals surface area contributed by atoms with E-state index < -0.39 is 0 Å². The van der Waals surface area contributed by atoms with Crippen LogP contribution in [0.4, 0.5) is 0 Å². The minimum atomic E-state index is 0.116. The van der Waals surface area contributed by atoms with Gasteiger partial charge in [0.05, 0.1) is 0 Å². The molecular weight excluding hydrogens is 200 g/mol. The van der Waals surface area contributed by atoms with E-state index in [0.29, 0.717) is 12.5 Å². The lowest BCUT2D eigenvalue weighted by atomic mass is 9.73. The van der Waals surface area contributed by atoms with E-state index in [1.54, 1.807) is 0 Å². The monoisotopic (exact) mass is 226 g/mol. The van der Waals surface area contributed by atoms with Gasteiger partial charge in [0.2, 0.25) is 5.91 Å². The normalized spacial score (nSPS) is 26.1. The van der Waals surface area contributed by atoms with E-state index in [1.165, 1.54) is 19.3 Å². The Balaban J connectivity index is 2.37. The summed E-state index contributed by atoms with van der Waals surface area (Å²) in [7, 11) is 0. The second-order valence-electron chi connectivity index (χ2n) is 5.87. The highest BCUT2D eigenvalue weighted by Gasteiger charge is 2.32. The van der Waals surface area contributed by atoms with E-state index in [-0.39, 0.29) is 17.4 Å². The second kappa shape index (κ2) is 5.67. The van der Waals surface area contributed by atoms with E-state index in [9.17, 15) is 4.79 Å². The minimum absolute atomic E-state index is 0.116. The van der Waals surface area contributed by atoms with Gasteiger partial charge in [-0.1, -0.05) is 26.7 Å². The molecule has 1 fully saturated rings. The smallest absolute Gasteiger partial charge is 0.220 e. The topological polar surface area (TPSA) is 55.1 Å². The molecule has 0 aromatic carbocycles. The zero-order valence-electron chi connectivity index (χ0n) is 10.9. The fourth-order valence-electron chi connectivity index (χ4n) is 2.39. The summed E-state index contributed by atoms with van der Waals surface area (Å²) < 4.78 is 0. The molecule has 0 aromatic heterocycles. The standard InChI is InChI=1S/C13H26N2O/c1-10(14)7-8-12(16)15-11-6-4-5-9-13(11,2)3/h10-11H,4-9,14H2,1-3H3,(H,15,16). The van der Waals surface area contributed by atoms with Crippen molar-refractivity contribution in [1.29, 1.82) is 0 Å². The lowest BCUT2D eigenvalue weighted by Gasteiger charge is -2.39. The molecule has 0 spiro atoms. The average Bonchev–Trinajstić information content (AvgIpc) is 2.18. The van der Waals surface area contributed by atoms with Crippen LogP contribution in [0.25, 0.3) is 0 Å². The maximum Gasteiger partial charge on any atom is 0.220 e. The molecule has 3 N–H and O–H groups in total. The number of amides is 1. The van der Waals surface area contributed by atoms with Gasteiger partial charge in [0.25, 0.3) is 0 Å². The highest BCUT2D eigenvalue weighted by molar-refractivity contribution is 5.76. The number of rotatable bonds is 4. The lowest BCUT2D eigenvalue weighted by Crippen LogP contribution is -2.46. The summed E-state index contributed by atoms with van der Waals surface area (Å²) in [6.45, 7) is 6.45. The van der Waals surface area contributed by atoms with Crippen molar-refractivity contribution in [3.63, 3.8) is 0 Å². The molecule has 1 saturated carbocycles. The first-order valence-corrected chi connectivity index (χ1v) is 6.47. The summed E-state index contributed by atoms with van der Waals surface area (Å²) in [6, 6.07) is 0.465. The maximum atomic E-state index is 11.7. The summed E-state index contributed by atoms with van der Waals surface area (Å²) >= 11 is 0. The molecule has 0 aliphatic heterocycles. The van der Waals surface area contributed by atoms with Gasteiger partial charge in [0.1, 0.15) is 0 Å². The van der Waals surface area contributed by atoms with Crippen LogP contribution in [0, 0.1) is 5.41 Å². The SMILES string of the molecule is CC(N)CCC(=O)NC1CCCCC1(C)C. The Bertz CT molecular complexity index is 236. The van der Waals surface area contributed by atoms with Gasteiger partial charge in [-0.3, -0.25) is 4.79 Å². The fourth-order valence-corrected chi connectivity index (χ4v) is 2.39. The van der Waals surface area contributed by atoms with Gasteiger partial charge in [-0.2, -0.15) is 0 Å². The second-order valence-corrected chi connectivity index (χ2v) is 5.87. The Labute approximate surface area is 99.2 Å². The molecule has 16 heavy (non-hydrogen) atoms. The van der Waals surface area contributed by atoms with Crippen LogP contribution in [0.15, 0.2) is 0 Å². The third-order valence-electron chi connectivity index (χ3n) is 3.67. The van der Waals surface area contributed by atoms with E-state index in [4.69, 9.17) is 5.73 Å². The van der Waals surface area contributed by atoms with E-state index in [1.807, 2.05) is 6.92 Å². The number of carbonyl (C=O) groups is 1. The maximum absolute atomic E-state index is 11.7. The van der Waals surface area contributed by atoms with Crippen LogP contribution in [-0.4, -0.2) is 18.0 Å². The Hall–Kier alpha value is -0.570. The zero-order valence-corrected chi connectivity index (χ0v) is 10.9. The van der Waals surface area contributed by atoms with Gasteiger partial charge in [0, 0.05) is 18.5 Å². The molecule has 0 heterocycles. The van der Waals surface area contributed by atoms with Crippen LogP contribution in [-0.2, 0) is 4.79 Å². The van der Waals surface area contributed by atoms with Gasteiger partial charge in [-0.25, -0.2) is 0 Å². The van der Waals surface area contributed by atoms with E-state index >= 15 is 0 Å². The molecule has 1 rings (SSSR count). The predicted octanol–water partition coefficient (Wildman–Crippen LogP) is 2.20. The van der Waals surface area contributed by atoms with Crippen LogP contribution in [0.1, 0.15) is 59.3 Å². The third kappa shape index (κ3) is 4.12. The molecule has 1 aliphatic rings. The van der Waals surface area contributed by atoms with Crippen molar-refractivity contribution in [2.45, 2.75) is 71.4 Å². The first-order chi connectivity index (χ1) is 7.42. The van der Waals surface area contributed by atoms with Crippen molar-refractivity contribution in [2.24, 2.45) is 11.1 Å². The Morgan fingerprint density at radius 1 is 1.50 bits per heavy atom. The third-order valence-corrected chi connectivity index (χ3v) is 3.67. The quantitative estimate of drug-likeness (QED) is 0.772. The van der Waals surface area contributed by atoms with Crippen molar-refractivity contribution >= 4 is 5.91 Å². The molecule has 1 amide bonds. The van der Waals surface area contributed by atoms with Crippen molar-refractivity contribution in [3.05, 3.63) is 0 Å². The van der Waals surface area contributed by atoms with Gasteiger partial charge in [-0.05, 0) is 31.6 Å². The van der Waals surface area contributed by atoms with Crippen LogP contribution >= 0.6 is 0 Å². The first-order valence-electron chi connectivity index (χ1n) is 6.47. The molecule has 0 aromatic rings. The van der Waals surface area contributed by atoms with Crippen molar-refractivity contribution in [1.82, 2.24) is 5.32 Å². The van der Waals surface area contributed by atoms with Gasteiger partial charge >= 0.3 is 0 Å². The van der Waals surface area contributed by atoms with E-state index in [0.717, 1.165) is 12.8 Å². The highest BCUT2D eigenvalue weighted by atomic mass is 16.1. The highest BCUT2D eigenvalue weighted by Crippen LogP contribution is 2.35. The van der Waals surface area contributed by atoms with Gasteiger partial charge in [-0.15, -0.1) is 0 Å². The van der Waals surface area contributed by atoms with Crippen molar-refractivity contribution in [3.8, 4) is 0 Å². The molecule has 0 radical (unpaired) electrons. The first kappa shape index (κ1) is 13.5. The number of hydrogen-bond donors (Lipinski definition) is 2. The largest absolute Gasteiger partial charge is 0.353 e. The molecule has 3 heteroatoms.